The molecule has 0 aliphatic carbocycles. The van der Waals surface area contributed by atoms with Crippen LogP contribution >= 0.6 is 11.6 Å². The van der Waals surface area contributed by atoms with Gasteiger partial charge < -0.3 is 5.32 Å². The van der Waals surface area contributed by atoms with Gasteiger partial charge in [-0.1, -0.05) is 17.7 Å². The van der Waals surface area contributed by atoms with E-state index in [1.54, 1.807) is 48.5 Å². The number of nitrogens with one attached hydrogen (secondary N) is 2. The second-order valence-corrected chi connectivity index (χ2v) is 8.59. The van der Waals surface area contributed by atoms with E-state index in [9.17, 15) is 13.2 Å². The Balaban J connectivity index is 1.73. The molecule has 3 aromatic rings. The molecule has 0 fully saturated rings. The molecule has 0 saturated carbocycles. The summed E-state index contributed by atoms with van der Waals surface area (Å²) in [4.78, 5) is 12.3. The number of carbonyl (C=O) groups excluding carboxylic acids is 1. The fourth-order valence-corrected chi connectivity index (χ4v) is 3.94. The molecule has 3 rings (SSSR count). The van der Waals surface area contributed by atoms with Crippen molar-refractivity contribution in [2.24, 2.45) is 0 Å². The second-order valence-electron chi connectivity index (χ2n) is 6.47. The van der Waals surface area contributed by atoms with Gasteiger partial charge in [-0.25, -0.2) is 8.42 Å². The minimum atomic E-state index is -3.73. The number of anilines is 2. The number of hydrogen-bond donors (Lipinski definition) is 2. The molecule has 0 bridgehead atoms. The zero-order valence-electron chi connectivity index (χ0n) is 15.4. The van der Waals surface area contributed by atoms with E-state index in [1.165, 1.54) is 12.1 Å². The van der Waals surface area contributed by atoms with Crippen molar-refractivity contribution >= 4 is 38.9 Å². The number of benzene rings is 3. The molecule has 0 unspecified atom stereocenters. The number of halogens is 1. The topological polar surface area (TPSA) is 75.3 Å². The van der Waals surface area contributed by atoms with Crippen LogP contribution in [0.3, 0.4) is 0 Å². The van der Waals surface area contributed by atoms with Gasteiger partial charge in [0.1, 0.15) is 0 Å². The van der Waals surface area contributed by atoms with Crippen molar-refractivity contribution in [2.45, 2.75) is 18.7 Å². The maximum absolute atomic E-state index is 12.6. The van der Waals surface area contributed by atoms with E-state index in [-0.39, 0.29) is 10.8 Å². The number of amides is 1. The van der Waals surface area contributed by atoms with Crippen molar-refractivity contribution in [3.63, 3.8) is 0 Å². The van der Waals surface area contributed by atoms with Crippen LogP contribution in [-0.4, -0.2) is 14.3 Å². The Morgan fingerprint density at radius 1 is 0.821 bits per heavy atom. The van der Waals surface area contributed by atoms with Gasteiger partial charge in [0.2, 0.25) is 0 Å². The van der Waals surface area contributed by atoms with Gasteiger partial charge >= 0.3 is 0 Å². The lowest BCUT2D eigenvalue weighted by molar-refractivity contribution is 0.102. The van der Waals surface area contributed by atoms with Crippen molar-refractivity contribution in [1.82, 2.24) is 0 Å². The van der Waals surface area contributed by atoms with Crippen LogP contribution in [0.15, 0.2) is 71.6 Å². The van der Waals surface area contributed by atoms with Crippen molar-refractivity contribution < 1.29 is 13.2 Å². The third-order valence-electron chi connectivity index (χ3n) is 4.00. The summed E-state index contributed by atoms with van der Waals surface area (Å²) in [6, 6.07) is 18.0. The van der Waals surface area contributed by atoms with Crippen LogP contribution in [0.1, 0.15) is 21.5 Å². The fraction of sp³-hybridized carbons (Fsp3) is 0.0952. The molecule has 144 valence electrons. The third-order valence-corrected chi connectivity index (χ3v) is 5.65. The predicted octanol–water partition coefficient (Wildman–Crippen LogP) is 5.01. The first-order chi connectivity index (χ1) is 13.2. The number of aryl methyl sites for hydroxylation is 2. The van der Waals surface area contributed by atoms with Gasteiger partial charge in [-0.05, 0) is 85.6 Å². The van der Waals surface area contributed by atoms with Crippen molar-refractivity contribution in [2.75, 3.05) is 10.0 Å². The van der Waals surface area contributed by atoms with E-state index in [2.05, 4.69) is 10.0 Å². The first kappa shape index (κ1) is 19.9. The van der Waals surface area contributed by atoms with Gasteiger partial charge in [0, 0.05) is 22.0 Å². The standard InChI is InChI=1S/C21H19ClN2O3S/c1-14-11-15(2)13-19(12-14)24-28(26,27)20-9-7-18(8-10-20)23-21(25)16-3-5-17(22)6-4-16/h3-13,24H,1-2H3,(H,23,25). The zero-order chi connectivity index (χ0) is 20.3. The molecule has 7 heteroatoms. The van der Waals surface area contributed by atoms with Crippen molar-refractivity contribution in [1.29, 1.82) is 0 Å². The van der Waals surface area contributed by atoms with E-state index >= 15 is 0 Å². The van der Waals surface area contributed by atoms with Crippen molar-refractivity contribution in [3.8, 4) is 0 Å². The third kappa shape index (κ3) is 4.91. The van der Waals surface area contributed by atoms with Crippen LogP contribution in [0, 0.1) is 13.8 Å². The van der Waals surface area contributed by atoms with E-state index in [1.807, 2.05) is 19.9 Å². The molecular weight excluding hydrogens is 396 g/mol. The lowest BCUT2D eigenvalue weighted by Crippen LogP contribution is -2.14. The Morgan fingerprint density at radius 3 is 1.96 bits per heavy atom. The van der Waals surface area contributed by atoms with Gasteiger partial charge in [-0.3, -0.25) is 9.52 Å². The quantitative estimate of drug-likeness (QED) is 0.616. The molecule has 0 aliphatic heterocycles. The molecular formula is C21H19ClN2O3S. The summed E-state index contributed by atoms with van der Waals surface area (Å²) >= 11 is 5.82. The largest absolute Gasteiger partial charge is 0.322 e. The monoisotopic (exact) mass is 414 g/mol. The fourth-order valence-electron chi connectivity index (χ4n) is 2.77. The molecule has 1 amide bonds. The molecule has 2 N–H and O–H groups in total. The molecule has 5 nitrogen and oxygen atoms in total. The maximum Gasteiger partial charge on any atom is 0.261 e. The summed E-state index contributed by atoms with van der Waals surface area (Å²) in [6.45, 7) is 3.81. The second kappa shape index (κ2) is 8.04. The predicted molar refractivity (Wildman–Crippen MR) is 113 cm³/mol. The maximum atomic E-state index is 12.6. The minimum absolute atomic E-state index is 0.108. The SMILES string of the molecule is Cc1cc(C)cc(NS(=O)(=O)c2ccc(NC(=O)c3ccc(Cl)cc3)cc2)c1. The molecule has 0 saturated heterocycles. The average Bonchev–Trinajstić information content (AvgIpc) is 2.61. The summed E-state index contributed by atoms with van der Waals surface area (Å²) in [5, 5.41) is 3.27. The van der Waals surface area contributed by atoms with Crippen LogP contribution in [0.25, 0.3) is 0 Å². The normalized spacial score (nSPS) is 11.1. The Labute approximate surface area is 169 Å². The molecule has 0 atom stereocenters. The van der Waals surface area contributed by atoms with Gasteiger partial charge in [-0.2, -0.15) is 0 Å². The lowest BCUT2D eigenvalue weighted by atomic mass is 10.1. The van der Waals surface area contributed by atoms with Gasteiger partial charge in [0.25, 0.3) is 15.9 Å². The Hall–Kier alpha value is -2.83. The molecule has 0 radical (unpaired) electrons. The number of hydrogen-bond acceptors (Lipinski definition) is 3. The Morgan fingerprint density at radius 2 is 1.39 bits per heavy atom. The minimum Gasteiger partial charge on any atom is -0.322 e. The molecule has 28 heavy (non-hydrogen) atoms. The number of carbonyl (C=O) groups is 1. The van der Waals surface area contributed by atoms with Crippen LogP contribution in [0.4, 0.5) is 11.4 Å². The molecule has 0 aliphatic rings. The van der Waals surface area contributed by atoms with E-state index in [0.717, 1.165) is 11.1 Å². The van der Waals surface area contributed by atoms with E-state index in [4.69, 9.17) is 11.6 Å². The van der Waals surface area contributed by atoms with Crippen LogP contribution in [-0.2, 0) is 10.0 Å². The first-order valence-corrected chi connectivity index (χ1v) is 10.4. The molecule has 0 aromatic heterocycles. The van der Waals surface area contributed by atoms with Gasteiger partial charge in [0.15, 0.2) is 0 Å². The smallest absolute Gasteiger partial charge is 0.261 e. The Kier molecular flexibility index (Phi) is 5.72. The van der Waals surface area contributed by atoms with Crippen LogP contribution in [0.2, 0.25) is 5.02 Å². The highest BCUT2D eigenvalue weighted by Gasteiger charge is 2.15. The highest BCUT2D eigenvalue weighted by molar-refractivity contribution is 7.92. The van der Waals surface area contributed by atoms with Crippen molar-refractivity contribution in [3.05, 3.63) is 88.4 Å². The zero-order valence-corrected chi connectivity index (χ0v) is 16.9. The van der Waals surface area contributed by atoms with E-state index < -0.39 is 10.0 Å². The lowest BCUT2D eigenvalue weighted by Gasteiger charge is -2.11. The van der Waals surface area contributed by atoms with Crippen LogP contribution < -0.4 is 10.0 Å². The van der Waals surface area contributed by atoms with Crippen LogP contribution in [0.5, 0.6) is 0 Å². The molecule has 3 aromatic carbocycles. The number of rotatable bonds is 5. The summed E-state index contributed by atoms with van der Waals surface area (Å²) in [5.74, 6) is -0.305. The highest BCUT2D eigenvalue weighted by Crippen LogP contribution is 2.21. The summed E-state index contributed by atoms with van der Waals surface area (Å²) < 4.78 is 27.8. The Bertz CT molecular complexity index is 1090. The number of sulfonamides is 1. The van der Waals surface area contributed by atoms with E-state index in [0.29, 0.717) is 22.0 Å². The average molecular weight is 415 g/mol. The molecule has 0 heterocycles. The summed E-state index contributed by atoms with van der Waals surface area (Å²) in [6.07, 6.45) is 0. The summed E-state index contributed by atoms with van der Waals surface area (Å²) in [7, 11) is -3.73. The summed E-state index contributed by atoms with van der Waals surface area (Å²) in [5.41, 5.74) is 3.40. The first-order valence-electron chi connectivity index (χ1n) is 8.51. The molecule has 0 spiro atoms. The highest BCUT2D eigenvalue weighted by atomic mass is 35.5. The van der Waals surface area contributed by atoms with Gasteiger partial charge in [-0.15, -0.1) is 0 Å². The van der Waals surface area contributed by atoms with Gasteiger partial charge in [0.05, 0.1) is 4.90 Å².